The maximum atomic E-state index is 12.6. The van der Waals surface area contributed by atoms with Crippen LogP contribution >= 0.6 is 0 Å². The van der Waals surface area contributed by atoms with Gasteiger partial charge in [0.25, 0.3) is 0 Å². The number of carbonyl (C=O) groups excluding carboxylic acids is 1. The van der Waals surface area contributed by atoms with E-state index < -0.39 is 0 Å². The first-order valence-electron chi connectivity index (χ1n) is 9.08. The standard InChI is InChI=1S/C19H21N7O2/c1-28-17-6-7-18(20-13-17)24-8-10-25(11-9-24)19(27)12-15-2-4-16(5-3-15)26-14-21-22-23-26/h2-7,13-14H,8-12H2,1H3. The molecule has 144 valence electrons. The van der Waals surface area contributed by atoms with Gasteiger partial charge in [0.15, 0.2) is 0 Å². The number of rotatable bonds is 5. The van der Waals surface area contributed by atoms with Crippen molar-refractivity contribution in [2.75, 3.05) is 38.2 Å². The van der Waals surface area contributed by atoms with Gasteiger partial charge in [-0.15, -0.1) is 5.10 Å². The first-order chi connectivity index (χ1) is 13.7. The fraction of sp³-hybridized carbons (Fsp3) is 0.316. The first kappa shape index (κ1) is 17.9. The monoisotopic (exact) mass is 379 g/mol. The predicted molar refractivity (Wildman–Crippen MR) is 102 cm³/mol. The summed E-state index contributed by atoms with van der Waals surface area (Å²) in [6, 6.07) is 11.5. The van der Waals surface area contributed by atoms with E-state index in [4.69, 9.17) is 4.74 Å². The summed E-state index contributed by atoms with van der Waals surface area (Å²) >= 11 is 0. The molecule has 3 heterocycles. The second-order valence-electron chi connectivity index (χ2n) is 6.52. The van der Waals surface area contributed by atoms with Crippen LogP contribution in [0.5, 0.6) is 5.75 Å². The third kappa shape index (κ3) is 3.93. The lowest BCUT2D eigenvalue weighted by Gasteiger charge is -2.35. The Morgan fingerprint density at radius 2 is 1.86 bits per heavy atom. The van der Waals surface area contributed by atoms with Crippen molar-refractivity contribution in [2.45, 2.75) is 6.42 Å². The molecule has 3 aromatic rings. The van der Waals surface area contributed by atoms with Crippen LogP contribution in [0.1, 0.15) is 5.56 Å². The Labute approximate surface area is 162 Å². The van der Waals surface area contributed by atoms with Crippen LogP contribution in [0.25, 0.3) is 5.69 Å². The highest BCUT2D eigenvalue weighted by Crippen LogP contribution is 2.18. The van der Waals surface area contributed by atoms with Crippen molar-refractivity contribution in [3.8, 4) is 11.4 Å². The van der Waals surface area contributed by atoms with Gasteiger partial charge >= 0.3 is 0 Å². The number of ether oxygens (including phenoxy) is 1. The van der Waals surface area contributed by atoms with Crippen molar-refractivity contribution in [1.82, 2.24) is 30.1 Å². The molecule has 1 fully saturated rings. The van der Waals surface area contributed by atoms with Crippen molar-refractivity contribution < 1.29 is 9.53 Å². The minimum atomic E-state index is 0.137. The largest absolute Gasteiger partial charge is 0.495 e. The second kappa shape index (κ2) is 8.03. The molecule has 1 aliphatic rings. The molecule has 1 saturated heterocycles. The van der Waals surface area contributed by atoms with Crippen LogP contribution in [-0.4, -0.2) is 69.3 Å². The molecule has 9 heteroatoms. The van der Waals surface area contributed by atoms with Crippen LogP contribution in [0.15, 0.2) is 48.9 Å². The summed E-state index contributed by atoms with van der Waals surface area (Å²) in [5.74, 6) is 1.78. The molecule has 1 aliphatic heterocycles. The van der Waals surface area contributed by atoms with Gasteiger partial charge < -0.3 is 14.5 Å². The lowest BCUT2D eigenvalue weighted by Crippen LogP contribution is -2.49. The van der Waals surface area contributed by atoms with Gasteiger partial charge in [-0.2, -0.15) is 0 Å². The van der Waals surface area contributed by atoms with Crippen LogP contribution in [-0.2, 0) is 11.2 Å². The van der Waals surface area contributed by atoms with E-state index in [9.17, 15) is 4.79 Å². The lowest BCUT2D eigenvalue weighted by atomic mass is 10.1. The van der Waals surface area contributed by atoms with Crippen LogP contribution in [0.4, 0.5) is 5.82 Å². The number of piperazine rings is 1. The second-order valence-corrected chi connectivity index (χ2v) is 6.52. The van der Waals surface area contributed by atoms with Crippen LogP contribution in [0, 0.1) is 0 Å². The molecule has 0 atom stereocenters. The summed E-state index contributed by atoms with van der Waals surface area (Å²) in [6.45, 7) is 2.91. The summed E-state index contributed by atoms with van der Waals surface area (Å²) in [5.41, 5.74) is 1.84. The summed E-state index contributed by atoms with van der Waals surface area (Å²) in [6.07, 6.45) is 3.64. The Morgan fingerprint density at radius 1 is 1.07 bits per heavy atom. The molecule has 0 radical (unpaired) electrons. The third-order valence-electron chi connectivity index (χ3n) is 4.82. The fourth-order valence-electron chi connectivity index (χ4n) is 3.20. The van der Waals surface area contributed by atoms with Crippen LogP contribution < -0.4 is 9.64 Å². The molecule has 2 aromatic heterocycles. The van der Waals surface area contributed by atoms with E-state index in [1.54, 1.807) is 18.0 Å². The maximum Gasteiger partial charge on any atom is 0.227 e. The molecule has 0 spiro atoms. The highest BCUT2D eigenvalue weighted by atomic mass is 16.5. The summed E-state index contributed by atoms with van der Waals surface area (Å²) in [7, 11) is 1.63. The third-order valence-corrected chi connectivity index (χ3v) is 4.82. The minimum absolute atomic E-state index is 0.137. The van der Waals surface area contributed by atoms with Gasteiger partial charge in [-0.1, -0.05) is 12.1 Å². The molecule has 1 aromatic carbocycles. The topological polar surface area (TPSA) is 89.3 Å². The van der Waals surface area contributed by atoms with Crippen LogP contribution in [0.2, 0.25) is 0 Å². The number of carbonyl (C=O) groups is 1. The molecular formula is C19H21N7O2. The van der Waals surface area contributed by atoms with Crippen LogP contribution in [0.3, 0.4) is 0 Å². The molecule has 0 unspecified atom stereocenters. The molecular weight excluding hydrogens is 358 g/mol. The number of hydrogen-bond donors (Lipinski definition) is 0. The van der Waals surface area contributed by atoms with Gasteiger partial charge in [0, 0.05) is 26.2 Å². The van der Waals surface area contributed by atoms with E-state index in [0.717, 1.165) is 35.9 Å². The van der Waals surface area contributed by atoms with E-state index in [-0.39, 0.29) is 5.91 Å². The normalized spacial score (nSPS) is 14.2. The van der Waals surface area contributed by atoms with Crippen molar-refractivity contribution in [3.63, 3.8) is 0 Å². The Hall–Kier alpha value is -3.49. The smallest absolute Gasteiger partial charge is 0.227 e. The molecule has 9 nitrogen and oxygen atoms in total. The Kier molecular flexibility index (Phi) is 5.14. The number of nitrogens with zero attached hydrogens (tertiary/aromatic N) is 7. The number of benzene rings is 1. The molecule has 28 heavy (non-hydrogen) atoms. The highest BCUT2D eigenvalue weighted by Gasteiger charge is 2.22. The number of pyridine rings is 1. The van der Waals surface area contributed by atoms with E-state index in [1.165, 1.54) is 6.33 Å². The molecule has 4 rings (SSSR count). The lowest BCUT2D eigenvalue weighted by molar-refractivity contribution is -0.130. The number of amides is 1. The molecule has 0 bridgehead atoms. The van der Waals surface area contributed by atoms with E-state index in [2.05, 4.69) is 25.4 Å². The number of anilines is 1. The fourth-order valence-corrected chi connectivity index (χ4v) is 3.20. The molecule has 1 amide bonds. The molecule has 0 saturated carbocycles. The maximum absolute atomic E-state index is 12.6. The van der Waals surface area contributed by atoms with E-state index in [1.807, 2.05) is 41.3 Å². The van der Waals surface area contributed by atoms with Gasteiger partial charge in [0.2, 0.25) is 5.91 Å². The molecule has 0 aliphatic carbocycles. The van der Waals surface area contributed by atoms with Gasteiger partial charge in [-0.3, -0.25) is 4.79 Å². The summed E-state index contributed by atoms with van der Waals surface area (Å²) in [5, 5.41) is 11.1. The van der Waals surface area contributed by atoms with Gasteiger partial charge in [-0.05, 0) is 40.3 Å². The predicted octanol–water partition coefficient (Wildman–Crippen LogP) is 0.957. The minimum Gasteiger partial charge on any atom is -0.495 e. The van der Waals surface area contributed by atoms with Gasteiger partial charge in [0.05, 0.1) is 25.4 Å². The number of tetrazole rings is 1. The van der Waals surface area contributed by atoms with Crippen molar-refractivity contribution in [2.24, 2.45) is 0 Å². The highest BCUT2D eigenvalue weighted by molar-refractivity contribution is 5.79. The quantitative estimate of drug-likeness (QED) is 0.652. The first-order valence-corrected chi connectivity index (χ1v) is 9.08. The zero-order valence-corrected chi connectivity index (χ0v) is 15.6. The van der Waals surface area contributed by atoms with Gasteiger partial charge in [-0.25, -0.2) is 9.67 Å². The van der Waals surface area contributed by atoms with Crippen molar-refractivity contribution in [3.05, 3.63) is 54.5 Å². The Morgan fingerprint density at radius 3 is 2.46 bits per heavy atom. The van der Waals surface area contributed by atoms with Crippen molar-refractivity contribution in [1.29, 1.82) is 0 Å². The number of aromatic nitrogens is 5. The Balaban J connectivity index is 1.31. The number of hydrogen-bond acceptors (Lipinski definition) is 7. The van der Waals surface area contributed by atoms with E-state index in [0.29, 0.717) is 19.5 Å². The van der Waals surface area contributed by atoms with Crippen molar-refractivity contribution >= 4 is 11.7 Å². The zero-order valence-electron chi connectivity index (χ0n) is 15.6. The number of methoxy groups -OCH3 is 1. The van der Waals surface area contributed by atoms with Gasteiger partial charge in [0.1, 0.15) is 17.9 Å². The van der Waals surface area contributed by atoms with E-state index >= 15 is 0 Å². The zero-order chi connectivity index (χ0) is 19.3. The average Bonchev–Trinajstić information content (AvgIpc) is 3.29. The summed E-state index contributed by atoms with van der Waals surface area (Å²) in [4.78, 5) is 21.2. The molecule has 0 N–H and O–H groups in total. The SMILES string of the molecule is COc1ccc(N2CCN(C(=O)Cc3ccc(-n4cnnn4)cc3)CC2)nc1. The average molecular weight is 379 g/mol. The summed E-state index contributed by atoms with van der Waals surface area (Å²) < 4.78 is 6.73. The Bertz CT molecular complexity index is 902.